The predicted octanol–water partition coefficient (Wildman–Crippen LogP) is 4.60. The monoisotopic (exact) mass is 448 g/mol. The summed E-state index contributed by atoms with van der Waals surface area (Å²) in [6.07, 6.45) is 1.64. The molecule has 0 saturated carbocycles. The maximum absolute atomic E-state index is 12.6. The van der Waals surface area contributed by atoms with Gasteiger partial charge in [-0.3, -0.25) is 24.6 Å². The largest absolute Gasteiger partial charge is 0.496 e. The van der Waals surface area contributed by atoms with E-state index >= 15 is 0 Å². The number of nitro groups is 1. The number of methoxy groups -OCH3 is 1. The normalized spacial score (nSPS) is 15.5. The number of rotatable bonds is 5. The molecule has 1 fully saturated rings. The maximum atomic E-state index is 12.6. The highest BCUT2D eigenvalue weighted by molar-refractivity contribution is 9.10. The van der Waals surface area contributed by atoms with Gasteiger partial charge in [-0.25, -0.2) is 0 Å². The van der Waals surface area contributed by atoms with E-state index in [9.17, 15) is 19.7 Å². The molecule has 7 nitrogen and oxygen atoms in total. The summed E-state index contributed by atoms with van der Waals surface area (Å²) >= 11 is 4.25. The van der Waals surface area contributed by atoms with Crippen LogP contribution < -0.4 is 4.74 Å². The summed E-state index contributed by atoms with van der Waals surface area (Å²) in [5.41, 5.74) is 1.35. The Hall–Kier alpha value is -2.65. The van der Waals surface area contributed by atoms with Crippen molar-refractivity contribution in [2.45, 2.75) is 6.54 Å². The number of thioether (sulfide) groups is 1. The Morgan fingerprint density at radius 1 is 1.22 bits per heavy atom. The number of imide groups is 1. The topological polar surface area (TPSA) is 89.8 Å². The van der Waals surface area contributed by atoms with Gasteiger partial charge in [-0.1, -0.05) is 18.2 Å². The molecular weight excluding hydrogens is 436 g/mol. The van der Waals surface area contributed by atoms with Gasteiger partial charge in [0.25, 0.3) is 16.8 Å². The van der Waals surface area contributed by atoms with Crippen LogP contribution in [0, 0.1) is 10.1 Å². The van der Waals surface area contributed by atoms with Crippen molar-refractivity contribution in [3.63, 3.8) is 0 Å². The quantitative estimate of drug-likeness (QED) is 0.377. The minimum atomic E-state index is -0.500. The van der Waals surface area contributed by atoms with Gasteiger partial charge in [-0.05, 0) is 57.0 Å². The van der Waals surface area contributed by atoms with E-state index in [0.29, 0.717) is 16.2 Å². The molecule has 3 rings (SSSR count). The molecule has 2 aromatic carbocycles. The molecule has 9 heteroatoms. The zero-order valence-electron chi connectivity index (χ0n) is 14.0. The SMILES string of the molecule is COc1ccc(/C=C2\SC(=O)N(Cc3ccc([N+](=O)[O-])cc3)C2=O)cc1Br. The molecule has 0 bridgehead atoms. The lowest BCUT2D eigenvalue weighted by Crippen LogP contribution is -2.27. The first kappa shape index (κ1) is 19.1. The van der Waals surface area contributed by atoms with Crippen LogP contribution in [0.2, 0.25) is 0 Å². The number of benzene rings is 2. The van der Waals surface area contributed by atoms with Crippen LogP contribution in [0.25, 0.3) is 6.08 Å². The molecule has 0 aliphatic carbocycles. The van der Waals surface area contributed by atoms with Crippen LogP contribution in [0.1, 0.15) is 11.1 Å². The number of ether oxygens (including phenoxy) is 1. The van der Waals surface area contributed by atoms with Crippen LogP contribution in [0.15, 0.2) is 51.8 Å². The van der Waals surface area contributed by atoms with E-state index in [2.05, 4.69) is 15.9 Å². The van der Waals surface area contributed by atoms with E-state index in [1.165, 1.54) is 24.3 Å². The Morgan fingerprint density at radius 3 is 2.52 bits per heavy atom. The molecule has 0 N–H and O–H groups in total. The van der Waals surface area contributed by atoms with Gasteiger partial charge in [-0.2, -0.15) is 0 Å². The predicted molar refractivity (Wildman–Crippen MR) is 105 cm³/mol. The number of carbonyl (C=O) groups is 2. The first-order chi connectivity index (χ1) is 12.9. The lowest BCUT2D eigenvalue weighted by atomic mass is 10.2. The van der Waals surface area contributed by atoms with E-state index in [1.807, 2.05) is 0 Å². The average molecular weight is 449 g/mol. The van der Waals surface area contributed by atoms with Crippen molar-refractivity contribution in [3.05, 3.63) is 73.1 Å². The van der Waals surface area contributed by atoms with E-state index in [1.54, 1.807) is 31.4 Å². The highest BCUT2D eigenvalue weighted by atomic mass is 79.9. The fourth-order valence-corrected chi connectivity index (χ4v) is 3.86. The van der Waals surface area contributed by atoms with Crippen molar-refractivity contribution in [1.29, 1.82) is 0 Å². The molecule has 0 radical (unpaired) electrons. The molecule has 0 aromatic heterocycles. The van der Waals surface area contributed by atoms with Crippen molar-refractivity contribution < 1.29 is 19.2 Å². The Kier molecular flexibility index (Phi) is 5.62. The summed E-state index contributed by atoms with van der Waals surface area (Å²) in [6, 6.07) is 11.1. The maximum Gasteiger partial charge on any atom is 0.293 e. The molecule has 27 heavy (non-hydrogen) atoms. The molecule has 2 aromatic rings. The summed E-state index contributed by atoms with van der Waals surface area (Å²) in [7, 11) is 1.56. The van der Waals surface area contributed by atoms with Crippen molar-refractivity contribution in [2.24, 2.45) is 0 Å². The minimum Gasteiger partial charge on any atom is -0.496 e. The first-order valence-corrected chi connectivity index (χ1v) is 9.32. The van der Waals surface area contributed by atoms with Gasteiger partial charge >= 0.3 is 0 Å². The van der Waals surface area contributed by atoms with Crippen molar-refractivity contribution in [2.75, 3.05) is 7.11 Å². The smallest absolute Gasteiger partial charge is 0.293 e. The lowest BCUT2D eigenvalue weighted by Gasteiger charge is -2.12. The number of hydrogen-bond donors (Lipinski definition) is 0. The van der Waals surface area contributed by atoms with Crippen LogP contribution in [0.4, 0.5) is 10.5 Å². The van der Waals surface area contributed by atoms with Crippen LogP contribution in [0.3, 0.4) is 0 Å². The third-order valence-electron chi connectivity index (χ3n) is 3.84. The fraction of sp³-hybridized carbons (Fsp3) is 0.111. The van der Waals surface area contributed by atoms with Crippen LogP contribution in [0.5, 0.6) is 5.75 Å². The molecule has 1 aliphatic heterocycles. The molecule has 138 valence electrons. The van der Waals surface area contributed by atoms with E-state index < -0.39 is 10.8 Å². The van der Waals surface area contributed by atoms with Gasteiger partial charge in [0.2, 0.25) is 0 Å². The number of nitrogens with zero attached hydrogens (tertiary/aromatic N) is 2. The van der Waals surface area contributed by atoms with Gasteiger partial charge in [0.15, 0.2) is 0 Å². The van der Waals surface area contributed by atoms with E-state index in [0.717, 1.165) is 26.7 Å². The lowest BCUT2D eigenvalue weighted by molar-refractivity contribution is -0.384. The highest BCUT2D eigenvalue weighted by Crippen LogP contribution is 2.34. The number of nitro benzene ring substituents is 1. The molecule has 1 heterocycles. The Balaban J connectivity index is 1.78. The zero-order chi connectivity index (χ0) is 19.6. The van der Waals surface area contributed by atoms with Crippen LogP contribution >= 0.6 is 27.7 Å². The third kappa shape index (κ3) is 4.20. The summed E-state index contributed by atoms with van der Waals surface area (Å²) in [4.78, 5) is 36.4. The van der Waals surface area contributed by atoms with Crippen LogP contribution in [-0.2, 0) is 11.3 Å². The summed E-state index contributed by atoms with van der Waals surface area (Å²) in [5.74, 6) is 0.272. The Morgan fingerprint density at radius 2 is 1.93 bits per heavy atom. The molecule has 0 spiro atoms. The number of non-ortho nitro benzene ring substituents is 1. The molecule has 1 saturated heterocycles. The minimum absolute atomic E-state index is 0.0436. The Labute approximate surface area is 167 Å². The standard InChI is InChI=1S/C18H13BrN2O5S/c1-26-15-7-4-12(8-14(15)19)9-16-17(22)20(18(23)27-16)10-11-2-5-13(6-3-11)21(24)25/h2-9H,10H2,1H3/b16-9-. The second kappa shape index (κ2) is 7.93. The number of carbonyl (C=O) groups excluding carboxylic acids is 2. The number of hydrogen-bond acceptors (Lipinski definition) is 6. The van der Waals surface area contributed by atoms with Crippen molar-refractivity contribution >= 4 is 50.6 Å². The highest BCUT2D eigenvalue weighted by Gasteiger charge is 2.35. The van der Waals surface area contributed by atoms with E-state index in [4.69, 9.17) is 4.74 Å². The summed E-state index contributed by atoms with van der Waals surface area (Å²) in [6.45, 7) is 0.0618. The first-order valence-electron chi connectivity index (χ1n) is 7.71. The van der Waals surface area contributed by atoms with Gasteiger partial charge in [0.1, 0.15) is 5.75 Å². The zero-order valence-corrected chi connectivity index (χ0v) is 16.5. The van der Waals surface area contributed by atoms with E-state index in [-0.39, 0.29) is 17.5 Å². The number of halogens is 1. The van der Waals surface area contributed by atoms with Gasteiger partial charge in [-0.15, -0.1) is 0 Å². The molecule has 1 aliphatic rings. The molecule has 0 atom stereocenters. The van der Waals surface area contributed by atoms with Gasteiger partial charge < -0.3 is 4.74 Å². The molecule has 0 unspecified atom stereocenters. The summed E-state index contributed by atoms with van der Waals surface area (Å²) < 4.78 is 5.91. The van der Waals surface area contributed by atoms with Gasteiger partial charge in [0, 0.05) is 12.1 Å². The van der Waals surface area contributed by atoms with Crippen molar-refractivity contribution in [3.8, 4) is 5.75 Å². The summed E-state index contributed by atoms with van der Waals surface area (Å²) in [5, 5.41) is 10.3. The van der Waals surface area contributed by atoms with Crippen molar-refractivity contribution in [1.82, 2.24) is 4.90 Å². The van der Waals surface area contributed by atoms with Crippen LogP contribution in [-0.4, -0.2) is 28.1 Å². The second-order valence-corrected chi connectivity index (χ2v) is 7.43. The second-order valence-electron chi connectivity index (χ2n) is 5.59. The molecule has 2 amide bonds. The average Bonchev–Trinajstić information content (AvgIpc) is 2.90. The fourth-order valence-electron chi connectivity index (χ4n) is 2.47. The number of amides is 2. The Bertz CT molecular complexity index is 959. The molecular formula is C18H13BrN2O5S. The van der Waals surface area contributed by atoms with Gasteiger partial charge in [0.05, 0.1) is 28.0 Å². The third-order valence-corrected chi connectivity index (χ3v) is 5.36.